The van der Waals surface area contributed by atoms with Gasteiger partial charge in [-0.3, -0.25) is 4.79 Å². The molecule has 27 heavy (non-hydrogen) atoms. The Morgan fingerprint density at radius 1 is 1.04 bits per heavy atom. The number of methoxy groups -OCH3 is 2. The number of nitrogens with one attached hydrogen (secondary N) is 1. The van der Waals surface area contributed by atoms with Gasteiger partial charge in [0.2, 0.25) is 0 Å². The highest BCUT2D eigenvalue weighted by Crippen LogP contribution is 2.36. The van der Waals surface area contributed by atoms with E-state index in [1.54, 1.807) is 19.1 Å². The molecule has 0 bridgehead atoms. The smallest absolute Gasteiger partial charge is 0.265 e. The lowest BCUT2D eigenvalue weighted by atomic mass is 9.87. The van der Waals surface area contributed by atoms with Crippen LogP contribution in [-0.4, -0.2) is 26.2 Å². The quantitative estimate of drug-likeness (QED) is 0.747. The lowest BCUT2D eigenvalue weighted by molar-refractivity contribution is -0.122. The van der Waals surface area contributed by atoms with Crippen LogP contribution in [0.4, 0.5) is 5.69 Å². The van der Waals surface area contributed by atoms with E-state index in [2.05, 4.69) is 26.1 Å². The van der Waals surface area contributed by atoms with Crippen molar-refractivity contribution in [1.82, 2.24) is 0 Å². The Hall–Kier alpha value is -2.40. The fourth-order valence-corrected chi connectivity index (χ4v) is 2.72. The summed E-state index contributed by atoms with van der Waals surface area (Å²) in [7, 11) is 3.02. The van der Waals surface area contributed by atoms with Crippen LogP contribution >= 0.6 is 11.6 Å². The molecule has 146 valence electrons. The number of benzene rings is 2. The minimum absolute atomic E-state index is 0.0612. The molecule has 6 heteroatoms. The summed E-state index contributed by atoms with van der Waals surface area (Å²) < 4.78 is 16.2. The molecule has 0 aliphatic carbocycles. The molecule has 0 saturated carbocycles. The molecule has 1 atom stereocenters. The topological polar surface area (TPSA) is 56.8 Å². The van der Waals surface area contributed by atoms with Crippen LogP contribution in [0.15, 0.2) is 36.4 Å². The average Bonchev–Trinajstić information content (AvgIpc) is 2.61. The number of ether oxygens (including phenoxy) is 3. The van der Waals surface area contributed by atoms with Gasteiger partial charge in [-0.1, -0.05) is 44.5 Å². The molecule has 2 rings (SSSR count). The zero-order valence-corrected chi connectivity index (χ0v) is 17.3. The summed E-state index contributed by atoms with van der Waals surface area (Å²) in [5.74, 6) is 1.24. The molecule has 0 fully saturated rings. The second-order valence-corrected chi connectivity index (χ2v) is 7.62. The van der Waals surface area contributed by atoms with Crippen LogP contribution in [0.1, 0.15) is 33.3 Å². The molecule has 0 aromatic heterocycles. The highest BCUT2D eigenvalue weighted by atomic mass is 35.5. The minimum atomic E-state index is -0.698. The Kier molecular flexibility index (Phi) is 6.60. The van der Waals surface area contributed by atoms with E-state index >= 15 is 0 Å². The third kappa shape index (κ3) is 5.30. The summed E-state index contributed by atoms with van der Waals surface area (Å²) in [5, 5.41) is 3.16. The van der Waals surface area contributed by atoms with Gasteiger partial charge < -0.3 is 19.5 Å². The van der Waals surface area contributed by atoms with Gasteiger partial charge in [0, 0.05) is 6.07 Å². The number of anilines is 1. The van der Waals surface area contributed by atoms with Crippen molar-refractivity contribution in [2.75, 3.05) is 19.5 Å². The molecule has 0 aliphatic rings. The van der Waals surface area contributed by atoms with Crippen LogP contribution in [-0.2, 0) is 10.2 Å². The average molecular weight is 392 g/mol. The number of carbonyl (C=O) groups excluding carboxylic acids is 1. The van der Waals surface area contributed by atoms with E-state index in [4.69, 9.17) is 25.8 Å². The highest BCUT2D eigenvalue weighted by molar-refractivity contribution is 6.32. The van der Waals surface area contributed by atoms with Gasteiger partial charge in [0.15, 0.2) is 6.10 Å². The number of carbonyl (C=O) groups is 1. The zero-order chi connectivity index (χ0) is 20.2. The molecule has 0 heterocycles. The summed E-state index contributed by atoms with van der Waals surface area (Å²) in [6.45, 7) is 8.12. The van der Waals surface area contributed by atoms with Gasteiger partial charge in [0.25, 0.3) is 5.91 Å². The van der Waals surface area contributed by atoms with Crippen LogP contribution in [0.2, 0.25) is 5.02 Å². The Balaban J connectivity index is 2.09. The third-order valence-electron chi connectivity index (χ3n) is 4.13. The van der Waals surface area contributed by atoms with Gasteiger partial charge in [-0.15, -0.1) is 0 Å². The summed E-state index contributed by atoms with van der Waals surface area (Å²) in [5.41, 5.74) is 1.71. The molecule has 1 N–H and O–H groups in total. The predicted molar refractivity (Wildman–Crippen MR) is 108 cm³/mol. The number of hydrogen-bond acceptors (Lipinski definition) is 4. The van der Waals surface area contributed by atoms with Gasteiger partial charge in [-0.05, 0) is 36.1 Å². The van der Waals surface area contributed by atoms with Gasteiger partial charge >= 0.3 is 0 Å². The number of amides is 1. The fraction of sp³-hybridized carbons (Fsp3) is 0.381. The van der Waals surface area contributed by atoms with Crippen molar-refractivity contribution in [1.29, 1.82) is 0 Å². The second kappa shape index (κ2) is 8.53. The Morgan fingerprint density at radius 2 is 1.63 bits per heavy atom. The van der Waals surface area contributed by atoms with E-state index in [0.29, 0.717) is 28.0 Å². The molecule has 0 aliphatic heterocycles. The summed E-state index contributed by atoms with van der Waals surface area (Å²) >= 11 is 6.14. The largest absolute Gasteiger partial charge is 0.495 e. The molecule has 0 saturated heterocycles. The summed E-state index contributed by atoms with van der Waals surface area (Å²) in [6.07, 6.45) is -0.698. The minimum Gasteiger partial charge on any atom is -0.495 e. The highest BCUT2D eigenvalue weighted by Gasteiger charge is 2.19. The number of halogens is 1. The van der Waals surface area contributed by atoms with Crippen LogP contribution in [0.5, 0.6) is 17.2 Å². The molecular formula is C21H26ClNO4. The van der Waals surface area contributed by atoms with Crippen molar-refractivity contribution < 1.29 is 19.0 Å². The van der Waals surface area contributed by atoms with E-state index in [9.17, 15) is 4.79 Å². The lowest BCUT2D eigenvalue weighted by Crippen LogP contribution is -2.30. The normalized spacial score (nSPS) is 12.3. The molecule has 0 spiro atoms. The first-order chi connectivity index (χ1) is 12.7. The molecule has 1 amide bonds. The zero-order valence-electron chi connectivity index (χ0n) is 16.6. The maximum atomic E-state index is 12.5. The van der Waals surface area contributed by atoms with Crippen molar-refractivity contribution >= 4 is 23.2 Å². The first-order valence-electron chi connectivity index (χ1n) is 8.65. The molecular weight excluding hydrogens is 366 g/mol. The number of hydrogen-bond donors (Lipinski definition) is 1. The summed E-state index contributed by atoms with van der Waals surface area (Å²) in [6, 6.07) is 11.0. The first kappa shape index (κ1) is 20.9. The maximum absolute atomic E-state index is 12.5. The van der Waals surface area contributed by atoms with Crippen molar-refractivity contribution in [3.63, 3.8) is 0 Å². The van der Waals surface area contributed by atoms with Crippen molar-refractivity contribution in [3.05, 3.63) is 47.0 Å². The van der Waals surface area contributed by atoms with Crippen LogP contribution in [0.25, 0.3) is 0 Å². The van der Waals surface area contributed by atoms with E-state index in [-0.39, 0.29) is 11.3 Å². The van der Waals surface area contributed by atoms with Crippen molar-refractivity contribution in [2.24, 2.45) is 0 Å². The van der Waals surface area contributed by atoms with E-state index in [1.807, 2.05) is 24.3 Å². The van der Waals surface area contributed by atoms with Gasteiger partial charge in [0.05, 0.1) is 24.9 Å². The van der Waals surface area contributed by atoms with Crippen LogP contribution in [0, 0.1) is 0 Å². The fourth-order valence-electron chi connectivity index (χ4n) is 2.48. The van der Waals surface area contributed by atoms with Crippen molar-refractivity contribution in [2.45, 2.75) is 39.2 Å². The molecule has 5 nitrogen and oxygen atoms in total. The van der Waals surface area contributed by atoms with Gasteiger partial charge in [-0.25, -0.2) is 0 Å². The Labute approximate surface area is 165 Å². The SMILES string of the molecule is COc1cc(OC)c(NC(=O)[C@H](C)Oc2ccc(C(C)(C)C)cc2)cc1Cl. The maximum Gasteiger partial charge on any atom is 0.265 e. The van der Waals surface area contributed by atoms with Crippen LogP contribution in [0.3, 0.4) is 0 Å². The van der Waals surface area contributed by atoms with Gasteiger partial charge in [0.1, 0.15) is 17.2 Å². The van der Waals surface area contributed by atoms with E-state index in [1.165, 1.54) is 19.8 Å². The monoisotopic (exact) mass is 391 g/mol. The lowest BCUT2D eigenvalue weighted by Gasteiger charge is -2.20. The standard InChI is InChI=1S/C21H26ClNO4/c1-13(27-15-9-7-14(8-10-15)21(2,3)4)20(24)23-17-11-16(22)18(25-5)12-19(17)26-6/h7-13H,1-6H3,(H,23,24)/t13-/m0/s1. The predicted octanol–water partition coefficient (Wildman–Crippen LogP) is 5.06. The van der Waals surface area contributed by atoms with Gasteiger partial charge in [-0.2, -0.15) is 0 Å². The molecule has 2 aromatic carbocycles. The second-order valence-electron chi connectivity index (χ2n) is 7.21. The van der Waals surface area contributed by atoms with Crippen LogP contribution < -0.4 is 19.5 Å². The first-order valence-corrected chi connectivity index (χ1v) is 9.03. The van der Waals surface area contributed by atoms with E-state index in [0.717, 1.165) is 0 Å². The molecule has 2 aromatic rings. The van der Waals surface area contributed by atoms with E-state index < -0.39 is 6.10 Å². The molecule has 0 radical (unpaired) electrons. The molecule has 0 unspecified atom stereocenters. The third-order valence-corrected chi connectivity index (χ3v) is 4.43. The van der Waals surface area contributed by atoms with Crippen molar-refractivity contribution in [3.8, 4) is 17.2 Å². The number of rotatable bonds is 6. The Bertz CT molecular complexity index is 797. The summed E-state index contributed by atoms with van der Waals surface area (Å²) in [4.78, 5) is 12.5. The Morgan fingerprint density at radius 3 is 2.15 bits per heavy atom.